The van der Waals surface area contributed by atoms with Crippen LogP contribution >= 0.6 is 0 Å². The molecular formula is C9H21NO4S. The molecule has 6 heteroatoms. The van der Waals surface area contributed by atoms with Crippen molar-refractivity contribution in [1.29, 1.82) is 0 Å². The summed E-state index contributed by atoms with van der Waals surface area (Å²) in [6, 6.07) is 0. The second kappa shape index (κ2) is 8.04. The average molecular weight is 239 g/mol. The Morgan fingerprint density at radius 1 is 1.33 bits per heavy atom. The van der Waals surface area contributed by atoms with Crippen molar-refractivity contribution in [2.24, 2.45) is 0 Å². The lowest BCUT2D eigenvalue weighted by Gasteiger charge is -2.08. The number of aliphatic hydroxyl groups excluding tert-OH is 1. The molecule has 0 heterocycles. The number of ether oxygens (including phenoxy) is 1. The third kappa shape index (κ3) is 10.1. The van der Waals surface area contributed by atoms with Gasteiger partial charge in [-0.1, -0.05) is 0 Å². The van der Waals surface area contributed by atoms with E-state index in [9.17, 15) is 8.42 Å². The summed E-state index contributed by atoms with van der Waals surface area (Å²) in [6.45, 7) is 4.52. The van der Waals surface area contributed by atoms with Crippen LogP contribution in [0.3, 0.4) is 0 Å². The molecule has 0 aliphatic rings. The van der Waals surface area contributed by atoms with Gasteiger partial charge in [-0.25, -0.2) is 13.1 Å². The number of hydrogen-bond donors (Lipinski definition) is 2. The van der Waals surface area contributed by atoms with Gasteiger partial charge in [0.05, 0.1) is 18.5 Å². The molecule has 0 saturated carbocycles. The molecule has 0 radical (unpaired) electrons. The van der Waals surface area contributed by atoms with Crippen LogP contribution in [0.1, 0.15) is 26.7 Å². The molecule has 0 saturated heterocycles. The van der Waals surface area contributed by atoms with Crippen molar-refractivity contribution >= 4 is 10.0 Å². The van der Waals surface area contributed by atoms with Gasteiger partial charge < -0.3 is 9.84 Å². The van der Waals surface area contributed by atoms with Gasteiger partial charge in [0, 0.05) is 13.2 Å². The van der Waals surface area contributed by atoms with Crippen LogP contribution in [0.25, 0.3) is 0 Å². The van der Waals surface area contributed by atoms with Crippen LogP contribution in [-0.4, -0.2) is 45.1 Å². The molecule has 0 aromatic heterocycles. The molecule has 0 unspecified atom stereocenters. The summed E-state index contributed by atoms with van der Waals surface area (Å²) < 4.78 is 30.2. The van der Waals surface area contributed by atoms with E-state index < -0.39 is 10.0 Å². The molecule has 92 valence electrons. The van der Waals surface area contributed by atoms with Gasteiger partial charge >= 0.3 is 0 Å². The number of aliphatic hydroxyl groups is 1. The summed E-state index contributed by atoms with van der Waals surface area (Å²) in [6.07, 6.45) is 1.11. The van der Waals surface area contributed by atoms with Crippen LogP contribution in [0, 0.1) is 0 Å². The number of nitrogens with one attached hydrogen (secondary N) is 1. The molecule has 0 spiro atoms. The van der Waals surface area contributed by atoms with E-state index in [4.69, 9.17) is 9.84 Å². The highest BCUT2D eigenvalue weighted by molar-refractivity contribution is 7.89. The van der Waals surface area contributed by atoms with Crippen LogP contribution in [-0.2, 0) is 14.8 Å². The van der Waals surface area contributed by atoms with Crippen LogP contribution in [0.5, 0.6) is 0 Å². The fourth-order valence-corrected chi connectivity index (χ4v) is 2.09. The summed E-state index contributed by atoms with van der Waals surface area (Å²) in [5.74, 6) is 0.0647. The van der Waals surface area contributed by atoms with Crippen molar-refractivity contribution in [3.05, 3.63) is 0 Å². The first-order valence-corrected chi connectivity index (χ1v) is 6.83. The zero-order chi connectivity index (χ0) is 11.7. The number of sulfonamides is 1. The molecule has 0 fully saturated rings. The van der Waals surface area contributed by atoms with E-state index in [2.05, 4.69) is 4.72 Å². The molecule has 0 aromatic carbocycles. The second-order valence-electron chi connectivity index (χ2n) is 3.56. The summed E-state index contributed by atoms with van der Waals surface area (Å²) in [5, 5.41) is 8.50. The highest BCUT2D eigenvalue weighted by atomic mass is 32.2. The highest BCUT2D eigenvalue weighted by Crippen LogP contribution is 1.93. The number of rotatable bonds is 9. The zero-order valence-corrected chi connectivity index (χ0v) is 10.2. The Bertz CT molecular complexity index is 238. The fourth-order valence-electron chi connectivity index (χ4n) is 0.968. The maximum atomic E-state index is 11.3. The van der Waals surface area contributed by atoms with Gasteiger partial charge in [-0.2, -0.15) is 0 Å². The van der Waals surface area contributed by atoms with Gasteiger partial charge in [-0.05, 0) is 26.7 Å². The second-order valence-corrected chi connectivity index (χ2v) is 5.49. The van der Waals surface area contributed by atoms with Gasteiger partial charge in [0.25, 0.3) is 0 Å². The molecule has 2 N–H and O–H groups in total. The van der Waals surface area contributed by atoms with E-state index in [1.165, 1.54) is 0 Å². The Morgan fingerprint density at radius 2 is 2.00 bits per heavy atom. The topological polar surface area (TPSA) is 75.6 Å². The van der Waals surface area contributed by atoms with Crippen molar-refractivity contribution in [3.63, 3.8) is 0 Å². The number of hydrogen-bond acceptors (Lipinski definition) is 4. The molecule has 0 aliphatic heterocycles. The Morgan fingerprint density at radius 3 is 2.53 bits per heavy atom. The first-order chi connectivity index (χ1) is 6.98. The predicted molar refractivity (Wildman–Crippen MR) is 59.2 cm³/mol. The van der Waals surface area contributed by atoms with Crippen molar-refractivity contribution in [2.75, 3.05) is 25.5 Å². The minimum atomic E-state index is -3.19. The third-order valence-electron chi connectivity index (χ3n) is 1.70. The van der Waals surface area contributed by atoms with Crippen LogP contribution < -0.4 is 4.72 Å². The standard InChI is InChI=1S/C9H21NO4S/c1-9(2)14-7-5-10-15(12,13)8-4-3-6-11/h9-11H,3-8H2,1-2H3. The molecule has 0 bridgehead atoms. The molecule has 15 heavy (non-hydrogen) atoms. The van der Waals surface area contributed by atoms with Crippen molar-refractivity contribution in [2.45, 2.75) is 32.8 Å². The monoisotopic (exact) mass is 239 g/mol. The smallest absolute Gasteiger partial charge is 0.211 e. The molecule has 0 amide bonds. The van der Waals surface area contributed by atoms with E-state index in [1.54, 1.807) is 0 Å². The minimum Gasteiger partial charge on any atom is -0.396 e. The Hall–Kier alpha value is -0.170. The van der Waals surface area contributed by atoms with E-state index in [-0.39, 0.29) is 18.5 Å². The number of unbranched alkanes of at least 4 members (excludes halogenated alkanes) is 1. The predicted octanol–water partition coefficient (Wildman–Crippen LogP) is 0.103. The molecule has 5 nitrogen and oxygen atoms in total. The lowest BCUT2D eigenvalue weighted by atomic mass is 10.4. The van der Waals surface area contributed by atoms with Crippen molar-refractivity contribution in [1.82, 2.24) is 4.72 Å². The molecule has 0 rings (SSSR count). The van der Waals surface area contributed by atoms with Crippen molar-refractivity contribution in [3.8, 4) is 0 Å². The summed E-state index contributed by atoms with van der Waals surface area (Å²) in [5.41, 5.74) is 0. The first-order valence-electron chi connectivity index (χ1n) is 5.17. The lowest BCUT2D eigenvalue weighted by Crippen LogP contribution is -2.30. The average Bonchev–Trinajstić information content (AvgIpc) is 2.13. The molecular weight excluding hydrogens is 218 g/mol. The van der Waals surface area contributed by atoms with Crippen LogP contribution in [0.15, 0.2) is 0 Å². The van der Waals surface area contributed by atoms with E-state index in [0.717, 1.165) is 0 Å². The third-order valence-corrected chi connectivity index (χ3v) is 3.17. The fraction of sp³-hybridized carbons (Fsp3) is 1.00. The summed E-state index contributed by atoms with van der Waals surface area (Å²) in [7, 11) is -3.19. The Balaban J connectivity index is 3.56. The largest absolute Gasteiger partial charge is 0.396 e. The maximum absolute atomic E-state index is 11.3. The summed E-state index contributed by atoms with van der Waals surface area (Å²) >= 11 is 0. The van der Waals surface area contributed by atoms with Crippen LogP contribution in [0.4, 0.5) is 0 Å². The quantitative estimate of drug-likeness (QED) is 0.560. The Labute approximate surface area is 91.9 Å². The van der Waals surface area contributed by atoms with Crippen molar-refractivity contribution < 1.29 is 18.3 Å². The maximum Gasteiger partial charge on any atom is 0.211 e. The molecule has 0 aromatic rings. The minimum absolute atomic E-state index is 0.0337. The Kier molecular flexibility index (Phi) is 7.95. The van der Waals surface area contributed by atoms with Gasteiger partial charge in [-0.15, -0.1) is 0 Å². The molecule has 0 aliphatic carbocycles. The van der Waals surface area contributed by atoms with Gasteiger partial charge in [0.1, 0.15) is 0 Å². The highest BCUT2D eigenvalue weighted by Gasteiger charge is 2.08. The molecule has 0 atom stereocenters. The van der Waals surface area contributed by atoms with Gasteiger partial charge in [0.2, 0.25) is 10.0 Å². The van der Waals surface area contributed by atoms with E-state index in [1.807, 2.05) is 13.8 Å². The van der Waals surface area contributed by atoms with Gasteiger partial charge in [0.15, 0.2) is 0 Å². The normalized spacial score (nSPS) is 12.3. The SMILES string of the molecule is CC(C)OCCNS(=O)(=O)CCCCO. The van der Waals surface area contributed by atoms with Crippen LogP contribution in [0.2, 0.25) is 0 Å². The van der Waals surface area contributed by atoms with Gasteiger partial charge in [-0.3, -0.25) is 0 Å². The lowest BCUT2D eigenvalue weighted by molar-refractivity contribution is 0.0834. The van der Waals surface area contributed by atoms with E-state index in [0.29, 0.717) is 26.0 Å². The van der Waals surface area contributed by atoms with E-state index >= 15 is 0 Å². The summed E-state index contributed by atoms with van der Waals surface area (Å²) in [4.78, 5) is 0. The zero-order valence-electron chi connectivity index (χ0n) is 9.40. The first kappa shape index (κ1) is 14.8.